The van der Waals surface area contributed by atoms with Crippen molar-refractivity contribution in [2.24, 2.45) is 11.8 Å². The first kappa shape index (κ1) is 18.8. The lowest BCUT2D eigenvalue weighted by Crippen LogP contribution is -2.45. The minimum atomic E-state index is -2.95. The first-order valence-corrected chi connectivity index (χ1v) is 8.46. The highest BCUT2D eigenvalue weighted by atomic mass is 19.3. The SMILES string of the molecule is CC1CC(C(=O)O)CN(C(=O)c2cn[nH]c2-c2cccc(OC(F)F)c2)C1. The van der Waals surface area contributed by atoms with Gasteiger partial charge in [0.25, 0.3) is 5.91 Å². The fourth-order valence-corrected chi connectivity index (χ4v) is 3.36. The van der Waals surface area contributed by atoms with E-state index in [-0.39, 0.29) is 29.7 Å². The Morgan fingerprint density at radius 1 is 1.37 bits per heavy atom. The Labute approximate surface area is 153 Å². The number of carboxylic acid groups (broad SMARTS) is 1. The van der Waals surface area contributed by atoms with Crippen molar-refractivity contribution >= 4 is 11.9 Å². The maximum Gasteiger partial charge on any atom is 0.387 e. The van der Waals surface area contributed by atoms with E-state index in [1.54, 1.807) is 6.07 Å². The van der Waals surface area contributed by atoms with Crippen molar-refractivity contribution in [3.8, 4) is 17.0 Å². The van der Waals surface area contributed by atoms with Crippen LogP contribution in [0.3, 0.4) is 0 Å². The third-order valence-corrected chi connectivity index (χ3v) is 4.51. The molecular formula is C18H19F2N3O4. The summed E-state index contributed by atoms with van der Waals surface area (Å²) in [5.41, 5.74) is 1.08. The molecular weight excluding hydrogens is 360 g/mol. The number of rotatable bonds is 5. The molecule has 0 radical (unpaired) electrons. The van der Waals surface area contributed by atoms with Gasteiger partial charge in [0.1, 0.15) is 5.75 Å². The number of aliphatic carboxylic acids is 1. The van der Waals surface area contributed by atoms with Crippen molar-refractivity contribution in [3.05, 3.63) is 36.0 Å². The number of ether oxygens (including phenoxy) is 1. The lowest BCUT2D eigenvalue weighted by molar-refractivity contribution is -0.143. The van der Waals surface area contributed by atoms with Gasteiger partial charge in [-0.2, -0.15) is 13.9 Å². The van der Waals surface area contributed by atoms with E-state index in [1.807, 2.05) is 6.92 Å². The van der Waals surface area contributed by atoms with Crippen molar-refractivity contribution in [1.29, 1.82) is 0 Å². The predicted molar refractivity (Wildman–Crippen MR) is 91.5 cm³/mol. The third-order valence-electron chi connectivity index (χ3n) is 4.51. The fraction of sp³-hybridized carbons (Fsp3) is 0.389. The molecule has 1 aliphatic rings. The van der Waals surface area contributed by atoms with Gasteiger partial charge in [0, 0.05) is 18.7 Å². The van der Waals surface area contributed by atoms with Crippen LogP contribution in [0.1, 0.15) is 23.7 Å². The number of nitrogens with zero attached hydrogens (tertiary/aromatic N) is 2. The van der Waals surface area contributed by atoms with Crippen LogP contribution in [0.5, 0.6) is 5.75 Å². The number of benzene rings is 1. The van der Waals surface area contributed by atoms with Crippen LogP contribution in [-0.4, -0.2) is 51.8 Å². The van der Waals surface area contributed by atoms with Gasteiger partial charge in [0.15, 0.2) is 0 Å². The molecule has 2 N–H and O–H groups in total. The summed E-state index contributed by atoms with van der Waals surface area (Å²) in [7, 11) is 0. The summed E-state index contributed by atoms with van der Waals surface area (Å²) in [6.07, 6.45) is 1.87. The molecule has 1 aliphatic heterocycles. The molecule has 1 amide bonds. The van der Waals surface area contributed by atoms with Crippen LogP contribution in [0.15, 0.2) is 30.5 Å². The van der Waals surface area contributed by atoms with E-state index in [0.717, 1.165) is 0 Å². The number of hydrogen-bond acceptors (Lipinski definition) is 4. The number of aromatic nitrogens is 2. The highest BCUT2D eigenvalue weighted by Gasteiger charge is 2.33. The highest BCUT2D eigenvalue weighted by Crippen LogP contribution is 2.29. The zero-order valence-corrected chi connectivity index (χ0v) is 14.6. The van der Waals surface area contributed by atoms with Crippen LogP contribution in [0.25, 0.3) is 11.3 Å². The van der Waals surface area contributed by atoms with Crippen molar-refractivity contribution in [3.63, 3.8) is 0 Å². The second-order valence-electron chi connectivity index (χ2n) is 6.65. The lowest BCUT2D eigenvalue weighted by atomic mass is 9.90. The topological polar surface area (TPSA) is 95.5 Å². The van der Waals surface area contributed by atoms with Crippen LogP contribution in [0, 0.1) is 11.8 Å². The number of piperidine rings is 1. The molecule has 2 unspecified atom stereocenters. The van der Waals surface area contributed by atoms with Gasteiger partial charge in [-0.05, 0) is 24.5 Å². The zero-order chi connectivity index (χ0) is 19.6. The van der Waals surface area contributed by atoms with E-state index in [9.17, 15) is 23.5 Å². The Bertz CT molecular complexity index is 840. The second-order valence-corrected chi connectivity index (χ2v) is 6.65. The van der Waals surface area contributed by atoms with E-state index >= 15 is 0 Å². The number of nitrogens with one attached hydrogen (secondary N) is 1. The zero-order valence-electron chi connectivity index (χ0n) is 14.6. The molecule has 2 aromatic rings. The van der Waals surface area contributed by atoms with Gasteiger partial charge in [-0.1, -0.05) is 19.1 Å². The minimum Gasteiger partial charge on any atom is -0.481 e. The number of aromatic amines is 1. The molecule has 9 heteroatoms. The van der Waals surface area contributed by atoms with Crippen LogP contribution >= 0.6 is 0 Å². The quantitative estimate of drug-likeness (QED) is 0.833. The average molecular weight is 379 g/mol. The average Bonchev–Trinajstić information content (AvgIpc) is 3.10. The standard InChI is InChI=1S/C18H19F2N3O4/c1-10-5-12(17(25)26)9-23(8-10)16(24)14-7-21-22-15(14)11-3-2-4-13(6-11)27-18(19)20/h2-4,6-7,10,12,18H,5,8-9H2,1H3,(H,21,22)(H,25,26). The predicted octanol–water partition coefficient (Wildman–Crippen LogP) is 2.86. The number of alkyl halides is 2. The molecule has 3 rings (SSSR count). The normalized spacial score (nSPS) is 19.9. The summed E-state index contributed by atoms with van der Waals surface area (Å²) in [4.78, 5) is 25.8. The van der Waals surface area contributed by atoms with E-state index in [1.165, 1.54) is 29.3 Å². The van der Waals surface area contributed by atoms with Gasteiger partial charge >= 0.3 is 12.6 Å². The third kappa shape index (κ3) is 4.24. The Balaban J connectivity index is 1.86. The summed E-state index contributed by atoms with van der Waals surface area (Å²) in [5, 5.41) is 15.9. The van der Waals surface area contributed by atoms with Crippen molar-refractivity contribution in [2.45, 2.75) is 20.0 Å². The number of amides is 1. The number of carboxylic acids is 1. The molecule has 0 spiro atoms. The van der Waals surface area contributed by atoms with Crippen molar-refractivity contribution < 1.29 is 28.2 Å². The van der Waals surface area contributed by atoms with E-state index < -0.39 is 18.5 Å². The van der Waals surface area contributed by atoms with Crippen LogP contribution in [-0.2, 0) is 4.79 Å². The molecule has 144 valence electrons. The monoisotopic (exact) mass is 379 g/mol. The van der Waals surface area contributed by atoms with Gasteiger partial charge in [-0.3, -0.25) is 14.7 Å². The molecule has 27 heavy (non-hydrogen) atoms. The fourth-order valence-electron chi connectivity index (χ4n) is 3.36. The van der Waals surface area contributed by atoms with Gasteiger partial charge < -0.3 is 14.7 Å². The van der Waals surface area contributed by atoms with Gasteiger partial charge in [0.2, 0.25) is 0 Å². The molecule has 0 bridgehead atoms. The highest BCUT2D eigenvalue weighted by molar-refractivity contribution is 6.00. The molecule has 2 atom stereocenters. The molecule has 1 aromatic heterocycles. The number of halogens is 2. The van der Waals surface area contributed by atoms with E-state index in [0.29, 0.717) is 24.2 Å². The van der Waals surface area contributed by atoms with Crippen LogP contribution in [0.2, 0.25) is 0 Å². The van der Waals surface area contributed by atoms with Crippen molar-refractivity contribution in [1.82, 2.24) is 15.1 Å². The Morgan fingerprint density at radius 2 is 2.15 bits per heavy atom. The first-order valence-electron chi connectivity index (χ1n) is 8.46. The van der Waals surface area contributed by atoms with E-state index in [2.05, 4.69) is 14.9 Å². The molecule has 7 nitrogen and oxygen atoms in total. The summed E-state index contributed by atoms with van der Waals surface area (Å²) in [5.74, 6) is -1.87. The van der Waals surface area contributed by atoms with Gasteiger partial charge in [0.05, 0.1) is 23.4 Å². The second kappa shape index (κ2) is 7.73. The van der Waals surface area contributed by atoms with Crippen molar-refractivity contribution in [2.75, 3.05) is 13.1 Å². The molecule has 1 fully saturated rings. The molecule has 1 saturated heterocycles. The lowest BCUT2D eigenvalue weighted by Gasteiger charge is -2.34. The Kier molecular flexibility index (Phi) is 5.38. The number of hydrogen-bond donors (Lipinski definition) is 2. The maximum absolute atomic E-state index is 13.0. The number of carbonyl (C=O) groups is 2. The number of carbonyl (C=O) groups excluding carboxylic acids is 1. The van der Waals surface area contributed by atoms with Gasteiger partial charge in [-0.25, -0.2) is 0 Å². The van der Waals surface area contributed by atoms with Crippen LogP contribution < -0.4 is 4.74 Å². The molecule has 1 aromatic carbocycles. The largest absolute Gasteiger partial charge is 0.481 e. The van der Waals surface area contributed by atoms with Crippen LogP contribution in [0.4, 0.5) is 8.78 Å². The summed E-state index contributed by atoms with van der Waals surface area (Å²) in [6, 6.07) is 5.94. The molecule has 0 aliphatic carbocycles. The first-order chi connectivity index (χ1) is 12.8. The maximum atomic E-state index is 13.0. The smallest absolute Gasteiger partial charge is 0.387 e. The molecule has 2 heterocycles. The van der Waals surface area contributed by atoms with E-state index in [4.69, 9.17) is 0 Å². The number of H-pyrrole nitrogens is 1. The summed E-state index contributed by atoms with van der Waals surface area (Å²) >= 11 is 0. The summed E-state index contributed by atoms with van der Waals surface area (Å²) < 4.78 is 29.3. The molecule has 0 saturated carbocycles. The summed E-state index contributed by atoms with van der Waals surface area (Å²) in [6.45, 7) is -0.484. The van der Waals surface area contributed by atoms with Gasteiger partial charge in [-0.15, -0.1) is 0 Å². The minimum absolute atomic E-state index is 0.0342. The number of likely N-dealkylation sites (tertiary alicyclic amines) is 1. The Hall–Kier alpha value is -2.97. The Morgan fingerprint density at radius 3 is 2.85 bits per heavy atom.